The van der Waals surface area contributed by atoms with E-state index in [2.05, 4.69) is 5.32 Å². The van der Waals surface area contributed by atoms with Crippen LogP contribution in [0, 0.1) is 0 Å². The van der Waals surface area contributed by atoms with Crippen molar-refractivity contribution < 1.29 is 4.79 Å². The Kier molecular flexibility index (Phi) is 8.18. The van der Waals surface area contributed by atoms with E-state index in [0.29, 0.717) is 13.1 Å². The zero-order valence-electron chi connectivity index (χ0n) is 8.08. The molecule has 0 aliphatic carbocycles. The fourth-order valence-corrected chi connectivity index (χ4v) is 1.31. The molecule has 0 saturated heterocycles. The van der Waals surface area contributed by atoms with Gasteiger partial charge in [0.15, 0.2) is 0 Å². The number of nitrogens with two attached hydrogens (primary N) is 2. The molecule has 5 heteroatoms. The van der Waals surface area contributed by atoms with Crippen LogP contribution in [0.3, 0.4) is 0 Å². The van der Waals surface area contributed by atoms with Gasteiger partial charge < -0.3 is 16.8 Å². The van der Waals surface area contributed by atoms with Crippen molar-refractivity contribution in [3.8, 4) is 0 Å². The van der Waals surface area contributed by atoms with Crippen molar-refractivity contribution in [3.63, 3.8) is 0 Å². The molecule has 0 aromatic rings. The van der Waals surface area contributed by atoms with Crippen molar-refractivity contribution >= 4 is 17.7 Å². The molecule has 13 heavy (non-hydrogen) atoms. The van der Waals surface area contributed by atoms with Crippen molar-refractivity contribution in [2.45, 2.75) is 18.9 Å². The minimum absolute atomic E-state index is 0.0671. The first-order valence-electron chi connectivity index (χ1n) is 4.44. The van der Waals surface area contributed by atoms with Crippen molar-refractivity contribution in [2.75, 3.05) is 25.1 Å². The van der Waals surface area contributed by atoms with Crippen LogP contribution < -0.4 is 16.8 Å². The fourth-order valence-electron chi connectivity index (χ4n) is 0.821. The van der Waals surface area contributed by atoms with Gasteiger partial charge in [0.05, 0.1) is 6.04 Å². The van der Waals surface area contributed by atoms with Crippen LogP contribution in [0.15, 0.2) is 0 Å². The molecule has 0 spiro atoms. The largest absolute Gasteiger partial charge is 0.355 e. The minimum atomic E-state index is -0.370. The molecule has 1 amide bonds. The molecule has 0 heterocycles. The maximum Gasteiger partial charge on any atom is 0.236 e. The summed E-state index contributed by atoms with van der Waals surface area (Å²) >= 11 is 1.70. The number of rotatable bonds is 7. The van der Waals surface area contributed by atoms with Gasteiger partial charge in [0.1, 0.15) is 0 Å². The lowest BCUT2D eigenvalue weighted by molar-refractivity contribution is -0.122. The highest BCUT2D eigenvalue weighted by molar-refractivity contribution is 7.98. The average Bonchev–Trinajstić information content (AvgIpc) is 2.14. The van der Waals surface area contributed by atoms with Crippen LogP contribution in [0.1, 0.15) is 12.8 Å². The smallest absolute Gasteiger partial charge is 0.236 e. The van der Waals surface area contributed by atoms with Crippen molar-refractivity contribution in [1.82, 2.24) is 5.32 Å². The highest BCUT2D eigenvalue weighted by Gasteiger charge is 2.11. The summed E-state index contributed by atoms with van der Waals surface area (Å²) in [5.74, 6) is 0.855. The first-order chi connectivity index (χ1) is 6.22. The number of hydrogen-bond acceptors (Lipinski definition) is 4. The fraction of sp³-hybridized carbons (Fsp3) is 0.875. The number of carbonyl (C=O) groups excluding carboxylic acids is 1. The summed E-state index contributed by atoms with van der Waals surface area (Å²) in [4.78, 5) is 11.2. The summed E-state index contributed by atoms with van der Waals surface area (Å²) < 4.78 is 0. The zero-order valence-corrected chi connectivity index (χ0v) is 8.90. The third-order valence-electron chi connectivity index (χ3n) is 1.65. The summed E-state index contributed by atoms with van der Waals surface area (Å²) in [7, 11) is 0. The van der Waals surface area contributed by atoms with E-state index in [1.165, 1.54) is 0 Å². The molecule has 1 atom stereocenters. The lowest BCUT2D eigenvalue weighted by Gasteiger charge is -2.10. The van der Waals surface area contributed by atoms with Gasteiger partial charge in [-0.25, -0.2) is 0 Å². The monoisotopic (exact) mass is 205 g/mol. The topological polar surface area (TPSA) is 81.1 Å². The van der Waals surface area contributed by atoms with E-state index in [-0.39, 0.29) is 11.9 Å². The molecule has 0 aromatic heterocycles. The Labute approximate surface area is 83.8 Å². The van der Waals surface area contributed by atoms with Crippen molar-refractivity contribution in [3.05, 3.63) is 0 Å². The van der Waals surface area contributed by atoms with Gasteiger partial charge in [-0.1, -0.05) is 0 Å². The van der Waals surface area contributed by atoms with E-state index in [4.69, 9.17) is 11.5 Å². The maximum atomic E-state index is 11.2. The van der Waals surface area contributed by atoms with Gasteiger partial charge in [0, 0.05) is 6.54 Å². The van der Waals surface area contributed by atoms with Gasteiger partial charge in [-0.2, -0.15) is 11.8 Å². The normalized spacial score (nSPS) is 12.5. The molecule has 0 rings (SSSR count). The Morgan fingerprint density at radius 2 is 2.31 bits per heavy atom. The number of nitrogens with one attached hydrogen (secondary N) is 1. The van der Waals surface area contributed by atoms with Crippen molar-refractivity contribution in [2.24, 2.45) is 11.5 Å². The third kappa shape index (κ3) is 6.86. The van der Waals surface area contributed by atoms with E-state index in [9.17, 15) is 4.79 Å². The molecule has 78 valence electrons. The van der Waals surface area contributed by atoms with Crippen LogP contribution >= 0.6 is 11.8 Å². The second-order valence-electron chi connectivity index (χ2n) is 2.82. The van der Waals surface area contributed by atoms with E-state index in [1.54, 1.807) is 11.8 Å². The zero-order chi connectivity index (χ0) is 10.1. The summed E-state index contributed by atoms with van der Waals surface area (Å²) in [5.41, 5.74) is 10.9. The molecule has 0 bridgehead atoms. The molecular formula is C8H19N3OS. The van der Waals surface area contributed by atoms with Gasteiger partial charge in [-0.3, -0.25) is 4.79 Å². The van der Waals surface area contributed by atoms with Gasteiger partial charge in [0.25, 0.3) is 0 Å². The molecule has 0 saturated carbocycles. The van der Waals surface area contributed by atoms with Crippen LogP contribution in [0.2, 0.25) is 0 Å². The molecule has 5 N–H and O–H groups in total. The molecule has 0 fully saturated rings. The number of hydrogen-bond donors (Lipinski definition) is 3. The van der Waals surface area contributed by atoms with Gasteiger partial charge in [-0.05, 0) is 31.4 Å². The third-order valence-corrected chi connectivity index (χ3v) is 2.29. The Balaban J connectivity index is 3.45. The SMILES string of the molecule is CSCC[C@H](N)C(=O)NCCCN. The molecule has 4 nitrogen and oxygen atoms in total. The van der Waals surface area contributed by atoms with Crippen LogP contribution in [-0.4, -0.2) is 37.0 Å². The second kappa shape index (κ2) is 8.34. The Hall–Kier alpha value is -0.260. The molecule has 0 unspecified atom stereocenters. The molecule has 0 aliphatic heterocycles. The summed E-state index contributed by atoms with van der Waals surface area (Å²) in [6.07, 6.45) is 3.54. The standard InChI is InChI=1S/C8H19N3OS/c1-13-6-3-7(10)8(12)11-5-2-4-9/h7H,2-6,9-10H2,1H3,(H,11,12)/t7-/m0/s1. The average molecular weight is 205 g/mol. The second-order valence-corrected chi connectivity index (χ2v) is 3.81. The predicted molar refractivity (Wildman–Crippen MR) is 57.7 cm³/mol. The summed E-state index contributed by atoms with van der Waals surface area (Å²) in [6, 6.07) is -0.370. The Bertz CT molecular complexity index is 143. The molecule has 0 radical (unpaired) electrons. The highest BCUT2D eigenvalue weighted by atomic mass is 32.2. The Morgan fingerprint density at radius 1 is 1.62 bits per heavy atom. The van der Waals surface area contributed by atoms with E-state index >= 15 is 0 Å². The first-order valence-corrected chi connectivity index (χ1v) is 5.84. The molecule has 0 aliphatic rings. The van der Waals surface area contributed by atoms with Crippen LogP contribution in [0.25, 0.3) is 0 Å². The van der Waals surface area contributed by atoms with Gasteiger partial charge >= 0.3 is 0 Å². The number of thioether (sulfide) groups is 1. The summed E-state index contributed by atoms with van der Waals surface area (Å²) in [5, 5.41) is 2.74. The summed E-state index contributed by atoms with van der Waals surface area (Å²) in [6.45, 7) is 1.22. The van der Waals surface area contributed by atoms with E-state index < -0.39 is 0 Å². The first kappa shape index (κ1) is 12.7. The number of carbonyl (C=O) groups is 1. The minimum Gasteiger partial charge on any atom is -0.355 e. The van der Waals surface area contributed by atoms with E-state index in [1.807, 2.05) is 6.26 Å². The number of amides is 1. The predicted octanol–water partition coefficient (Wildman–Crippen LogP) is -0.468. The van der Waals surface area contributed by atoms with Crippen molar-refractivity contribution in [1.29, 1.82) is 0 Å². The lowest BCUT2D eigenvalue weighted by Crippen LogP contribution is -2.41. The maximum absolute atomic E-state index is 11.2. The Morgan fingerprint density at radius 3 is 2.85 bits per heavy atom. The molecular weight excluding hydrogens is 186 g/mol. The van der Waals surface area contributed by atoms with Crippen LogP contribution in [-0.2, 0) is 4.79 Å². The van der Waals surface area contributed by atoms with Crippen LogP contribution in [0.4, 0.5) is 0 Å². The van der Waals surface area contributed by atoms with E-state index in [0.717, 1.165) is 18.6 Å². The lowest BCUT2D eigenvalue weighted by atomic mass is 10.2. The quantitative estimate of drug-likeness (QED) is 0.491. The van der Waals surface area contributed by atoms with Gasteiger partial charge in [0.2, 0.25) is 5.91 Å². The highest BCUT2D eigenvalue weighted by Crippen LogP contribution is 1.98. The van der Waals surface area contributed by atoms with Gasteiger partial charge in [-0.15, -0.1) is 0 Å². The molecule has 0 aromatic carbocycles. The van der Waals surface area contributed by atoms with Crippen LogP contribution in [0.5, 0.6) is 0 Å².